The molecule has 1 saturated carbocycles. The molecule has 48 heavy (non-hydrogen) atoms. The fraction of sp³-hybridized carbons (Fsp3) is 0.382. The lowest BCUT2D eigenvalue weighted by atomic mass is 10.0. The second-order valence-corrected chi connectivity index (χ2v) is 13.2. The fourth-order valence-electron chi connectivity index (χ4n) is 6.72. The molecule has 0 bridgehead atoms. The van der Waals surface area contributed by atoms with Gasteiger partial charge in [-0.2, -0.15) is 23.5 Å². The maximum atomic E-state index is 14.1. The van der Waals surface area contributed by atoms with Crippen LogP contribution in [0.25, 0.3) is 22.8 Å². The first-order valence-corrected chi connectivity index (χ1v) is 15.5. The lowest BCUT2D eigenvalue weighted by molar-refractivity contribution is -0.137. The van der Waals surface area contributed by atoms with Gasteiger partial charge in [0.25, 0.3) is 11.5 Å². The van der Waals surface area contributed by atoms with Gasteiger partial charge in [-0.3, -0.25) is 14.3 Å². The quantitative estimate of drug-likeness (QED) is 0.310. The molecule has 4 aromatic rings. The number of nitriles is 1. The van der Waals surface area contributed by atoms with Crippen LogP contribution in [0.2, 0.25) is 0 Å². The Morgan fingerprint density at radius 3 is 2.27 bits per heavy atom. The average Bonchev–Trinajstić information content (AvgIpc) is 3.78. The molecule has 2 amide bonds. The lowest BCUT2D eigenvalue weighted by Gasteiger charge is -2.25. The number of aromatic nitrogens is 4. The largest absolute Gasteiger partial charge is 0.444 e. The van der Waals surface area contributed by atoms with Gasteiger partial charge in [0.2, 0.25) is 0 Å². The van der Waals surface area contributed by atoms with Crippen LogP contribution in [0.5, 0.6) is 0 Å². The van der Waals surface area contributed by atoms with Gasteiger partial charge in [0.15, 0.2) is 0 Å². The number of fused-ring (bicyclic) bond motifs is 1. The summed E-state index contributed by atoms with van der Waals surface area (Å²) in [4.78, 5) is 42.5. The van der Waals surface area contributed by atoms with E-state index in [0.29, 0.717) is 42.9 Å². The van der Waals surface area contributed by atoms with Crippen LogP contribution in [0.15, 0.2) is 65.6 Å². The molecule has 1 aliphatic carbocycles. The molecule has 3 atom stereocenters. The smallest absolute Gasteiger partial charge is 0.416 e. The normalized spacial score (nSPS) is 19.2. The van der Waals surface area contributed by atoms with Gasteiger partial charge >= 0.3 is 12.3 Å². The molecule has 2 fully saturated rings. The zero-order chi connectivity index (χ0) is 34.5. The van der Waals surface area contributed by atoms with E-state index in [4.69, 9.17) is 4.74 Å². The van der Waals surface area contributed by atoms with Gasteiger partial charge in [0.1, 0.15) is 16.9 Å². The standard InChI is InChI=1S/C34H34F3N7O4/c1-33(2,3)48-32(47)42-18-21-14-24(15-22(21)19-42)40-30(45)28-29(27-12-13-39-43(27)25-10-8-20(17-38)9-11-25)41(4)44(31(28)46)26-7-5-6-23(16-26)34(35,36)37/h5-13,16,21-22,24H,14-15,18-19H2,1-4H3,(H,40,45)/t21-,22+,24?. The Balaban J connectivity index is 1.35. The molecule has 3 heterocycles. The Hall–Kier alpha value is -5.32. The van der Waals surface area contributed by atoms with Crippen LogP contribution in [-0.4, -0.2) is 60.8 Å². The van der Waals surface area contributed by atoms with Crippen molar-refractivity contribution in [2.24, 2.45) is 18.9 Å². The highest BCUT2D eigenvalue weighted by molar-refractivity contribution is 6.00. The van der Waals surface area contributed by atoms with E-state index in [1.54, 1.807) is 35.2 Å². The van der Waals surface area contributed by atoms with Crippen molar-refractivity contribution < 1.29 is 27.5 Å². The monoisotopic (exact) mass is 661 g/mol. The molecule has 2 aromatic carbocycles. The second-order valence-electron chi connectivity index (χ2n) is 13.2. The Labute approximate surface area is 274 Å². The fourth-order valence-corrected chi connectivity index (χ4v) is 6.72. The average molecular weight is 662 g/mol. The van der Waals surface area contributed by atoms with E-state index < -0.39 is 28.8 Å². The summed E-state index contributed by atoms with van der Waals surface area (Å²) >= 11 is 0. The molecule has 0 spiro atoms. The van der Waals surface area contributed by atoms with Gasteiger partial charge in [-0.25, -0.2) is 14.2 Å². The van der Waals surface area contributed by atoms with Crippen LogP contribution in [0.4, 0.5) is 18.0 Å². The lowest BCUT2D eigenvalue weighted by Crippen LogP contribution is -2.39. The van der Waals surface area contributed by atoms with E-state index >= 15 is 0 Å². The number of likely N-dealkylation sites (tertiary alicyclic amines) is 1. The molecular weight excluding hydrogens is 627 g/mol. The Bertz CT molecular complexity index is 1970. The predicted octanol–water partition coefficient (Wildman–Crippen LogP) is 5.29. The Morgan fingerprint density at radius 2 is 1.67 bits per heavy atom. The number of alkyl halides is 3. The zero-order valence-electron chi connectivity index (χ0n) is 26.8. The number of amides is 2. The highest BCUT2D eigenvalue weighted by Gasteiger charge is 2.44. The summed E-state index contributed by atoms with van der Waals surface area (Å²) in [5, 5.41) is 16.6. The van der Waals surface area contributed by atoms with Gasteiger partial charge in [-0.1, -0.05) is 6.07 Å². The van der Waals surface area contributed by atoms with E-state index in [-0.39, 0.29) is 40.9 Å². The van der Waals surface area contributed by atoms with Crippen LogP contribution < -0.4 is 10.9 Å². The minimum absolute atomic E-state index is 0.0697. The second kappa shape index (κ2) is 12.0. The van der Waals surface area contributed by atoms with Crippen LogP contribution in [0, 0.1) is 23.2 Å². The van der Waals surface area contributed by atoms with Crippen molar-refractivity contribution in [3.63, 3.8) is 0 Å². The number of ether oxygens (including phenoxy) is 1. The van der Waals surface area contributed by atoms with E-state index in [2.05, 4.69) is 16.5 Å². The van der Waals surface area contributed by atoms with Gasteiger partial charge in [0, 0.05) is 26.2 Å². The molecule has 11 nitrogen and oxygen atoms in total. The first kappa shape index (κ1) is 32.6. The van der Waals surface area contributed by atoms with E-state index in [1.165, 1.54) is 34.7 Å². The van der Waals surface area contributed by atoms with Crippen molar-refractivity contribution in [2.75, 3.05) is 13.1 Å². The minimum Gasteiger partial charge on any atom is -0.444 e. The number of rotatable bonds is 5. The highest BCUT2D eigenvalue weighted by atomic mass is 19.4. The summed E-state index contributed by atoms with van der Waals surface area (Å²) < 4.78 is 50.4. The number of hydrogen-bond donors (Lipinski definition) is 1. The molecule has 14 heteroatoms. The van der Waals surface area contributed by atoms with Crippen molar-refractivity contribution in [2.45, 2.75) is 51.4 Å². The molecule has 2 aromatic heterocycles. The topological polar surface area (TPSA) is 127 Å². The summed E-state index contributed by atoms with van der Waals surface area (Å²) in [6.07, 6.45) is -2.37. The number of hydrogen-bond acceptors (Lipinski definition) is 6. The van der Waals surface area contributed by atoms with Gasteiger partial charge in [-0.05, 0) is 94.0 Å². The minimum atomic E-state index is -4.65. The number of carbonyl (C=O) groups excluding carboxylic acids is 2. The summed E-state index contributed by atoms with van der Waals surface area (Å²) in [7, 11) is 1.50. The molecule has 0 radical (unpaired) electrons. The van der Waals surface area contributed by atoms with Crippen LogP contribution in [-0.2, 0) is 18.0 Å². The van der Waals surface area contributed by atoms with Crippen molar-refractivity contribution in [1.29, 1.82) is 5.26 Å². The molecule has 250 valence electrons. The molecule has 1 aliphatic heterocycles. The summed E-state index contributed by atoms with van der Waals surface area (Å²) in [5.74, 6) is -0.395. The number of halogens is 3. The molecule has 1 unspecified atom stereocenters. The molecular formula is C34H34F3N7O4. The van der Waals surface area contributed by atoms with Crippen molar-refractivity contribution in [3.05, 3.63) is 87.8 Å². The van der Waals surface area contributed by atoms with Crippen molar-refractivity contribution >= 4 is 12.0 Å². The zero-order valence-corrected chi connectivity index (χ0v) is 26.8. The SMILES string of the molecule is Cn1c(-c2ccnn2-c2ccc(C#N)cc2)c(C(=O)NC2C[C@@H]3CN(C(=O)OC(C)(C)C)C[C@@H]3C2)c(=O)n1-c1cccc(C(F)(F)F)c1. The molecule has 2 aliphatic rings. The number of nitrogens with one attached hydrogen (secondary N) is 1. The van der Waals surface area contributed by atoms with Gasteiger partial charge in [-0.15, -0.1) is 0 Å². The number of benzene rings is 2. The van der Waals surface area contributed by atoms with Crippen molar-refractivity contribution in [1.82, 2.24) is 29.4 Å². The molecule has 1 N–H and O–H groups in total. The number of carbonyl (C=O) groups is 2. The van der Waals surface area contributed by atoms with Crippen LogP contribution in [0.3, 0.4) is 0 Å². The van der Waals surface area contributed by atoms with Gasteiger partial charge < -0.3 is 15.0 Å². The third-order valence-corrected chi connectivity index (χ3v) is 8.78. The van der Waals surface area contributed by atoms with Gasteiger partial charge in [0.05, 0.1) is 40.5 Å². The first-order chi connectivity index (χ1) is 22.6. The summed E-state index contributed by atoms with van der Waals surface area (Å²) in [6, 6.07) is 14.2. The van der Waals surface area contributed by atoms with Crippen LogP contribution in [0.1, 0.15) is 55.1 Å². The summed E-state index contributed by atoms with van der Waals surface area (Å²) in [5.41, 5.74) is -1.24. The third-order valence-electron chi connectivity index (χ3n) is 8.78. The van der Waals surface area contributed by atoms with Crippen LogP contribution >= 0.6 is 0 Å². The Morgan fingerprint density at radius 1 is 1.00 bits per heavy atom. The first-order valence-electron chi connectivity index (χ1n) is 15.5. The third kappa shape index (κ3) is 6.20. The highest BCUT2D eigenvalue weighted by Crippen LogP contribution is 2.39. The maximum Gasteiger partial charge on any atom is 0.416 e. The predicted molar refractivity (Wildman–Crippen MR) is 169 cm³/mol. The molecule has 1 saturated heterocycles. The van der Waals surface area contributed by atoms with E-state index in [9.17, 15) is 32.8 Å². The van der Waals surface area contributed by atoms with Crippen molar-refractivity contribution in [3.8, 4) is 28.8 Å². The van der Waals surface area contributed by atoms with E-state index in [0.717, 1.165) is 16.8 Å². The number of nitrogens with zero attached hydrogens (tertiary/aromatic N) is 6. The molecule has 6 rings (SSSR count). The Kier molecular flexibility index (Phi) is 8.18. The van der Waals surface area contributed by atoms with E-state index in [1.807, 2.05) is 20.8 Å². The maximum absolute atomic E-state index is 14.1. The summed E-state index contributed by atoms with van der Waals surface area (Å²) in [6.45, 7) is 6.42.